The molecule has 4 saturated carbocycles. The molecular weight excluding hydrogens is 612 g/mol. The van der Waals surface area contributed by atoms with E-state index in [-0.39, 0.29) is 51.4 Å². The Morgan fingerprint density at radius 1 is 0.458 bits per heavy atom. The zero-order chi connectivity index (χ0) is 34.5. The van der Waals surface area contributed by atoms with E-state index in [1.165, 1.54) is 89.5 Å². The predicted octanol–water partition coefficient (Wildman–Crippen LogP) is 13.2. The summed E-state index contributed by atoms with van der Waals surface area (Å²) in [6.45, 7) is 7.70. The first kappa shape index (κ1) is 36.8. The van der Waals surface area contributed by atoms with Gasteiger partial charge in [-0.05, 0) is 150 Å². The molecule has 0 saturated heterocycles. The summed E-state index contributed by atoms with van der Waals surface area (Å²) in [5.41, 5.74) is 0.375. The van der Waals surface area contributed by atoms with Crippen LogP contribution in [0.4, 0.5) is 17.6 Å². The van der Waals surface area contributed by atoms with E-state index >= 15 is 0 Å². The Bertz CT molecular complexity index is 1320. The number of Topliss-reactive ketones (excluding diaryl/α,β-unsaturated/α-hetero) is 2. The van der Waals surface area contributed by atoms with Gasteiger partial charge in [0.15, 0.2) is 34.8 Å². The molecule has 6 rings (SSSR count). The van der Waals surface area contributed by atoms with Crippen molar-refractivity contribution in [1.82, 2.24) is 0 Å². The average molecular weight is 677 g/mol. The molecule has 0 heterocycles. The van der Waals surface area contributed by atoms with Gasteiger partial charge in [-0.25, -0.2) is 17.6 Å². The number of hydrogen-bond donors (Lipinski definition) is 0. The number of halogens is 4. The lowest BCUT2D eigenvalue weighted by Crippen LogP contribution is -2.28. The molecule has 2 aromatic rings. The van der Waals surface area contributed by atoms with E-state index in [4.69, 9.17) is 0 Å². The molecule has 4 aliphatic rings. The maximum Gasteiger partial charge on any atom is 0.169 e. The quantitative estimate of drug-likeness (QED) is 0.225. The highest BCUT2D eigenvalue weighted by Gasteiger charge is 2.35. The van der Waals surface area contributed by atoms with Gasteiger partial charge in [0.25, 0.3) is 0 Å². The van der Waals surface area contributed by atoms with Gasteiger partial charge in [-0.2, -0.15) is 0 Å². The second-order valence-corrected chi connectivity index (χ2v) is 16.1. The molecule has 48 heavy (non-hydrogen) atoms. The van der Waals surface area contributed by atoms with E-state index in [9.17, 15) is 27.2 Å². The lowest BCUT2D eigenvalue weighted by molar-refractivity contribution is 0.0820. The Morgan fingerprint density at radius 2 is 0.729 bits per heavy atom. The zero-order valence-electron chi connectivity index (χ0n) is 29.6. The largest absolute Gasteiger partial charge is 0.294 e. The maximum absolute atomic E-state index is 14.1. The molecule has 0 radical (unpaired) electrons. The molecule has 272 valence electrons. The predicted molar refractivity (Wildman–Crippen MR) is 192 cm³/mol. The minimum absolute atomic E-state index is 0. The highest BCUT2D eigenvalue weighted by molar-refractivity contribution is 5.98. The van der Waals surface area contributed by atoms with Crippen LogP contribution in [0.1, 0.15) is 154 Å². The molecule has 6 heteroatoms. The van der Waals surface area contributed by atoms with Crippen molar-refractivity contribution in [2.75, 3.05) is 0 Å². The van der Waals surface area contributed by atoms with Crippen LogP contribution in [0, 0.1) is 84.5 Å². The third-order valence-corrected chi connectivity index (χ3v) is 12.8. The number of aryl methyl sites for hydroxylation is 2. The van der Waals surface area contributed by atoms with Crippen molar-refractivity contribution < 1.29 is 32.9 Å². The summed E-state index contributed by atoms with van der Waals surface area (Å²) in [6, 6.07) is 5.90. The highest BCUT2D eigenvalue weighted by atomic mass is 19.2. The molecule has 4 fully saturated rings. The van der Waals surface area contributed by atoms with Crippen molar-refractivity contribution in [2.24, 2.45) is 47.3 Å². The summed E-state index contributed by atoms with van der Waals surface area (Å²) in [7, 11) is 0. The smallest absolute Gasteiger partial charge is 0.169 e. The molecule has 0 aliphatic heterocycles. The van der Waals surface area contributed by atoms with Gasteiger partial charge in [0.1, 0.15) is 0 Å². The minimum atomic E-state index is -0.969. The first-order chi connectivity index (χ1) is 22.9. The summed E-state index contributed by atoms with van der Waals surface area (Å²) in [5, 5.41) is 0. The molecule has 0 spiro atoms. The van der Waals surface area contributed by atoms with Crippen molar-refractivity contribution in [3.63, 3.8) is 0 Å². The number of benzene rings is 2. The van der Waals surface area contributed by atoms with Crippen molar-refractivity contribution >= 4 is 11.6 Å². The van der Waals surface area contributed by atoms with E-state index < -0.39 is 23.3 Å². The van der Waals surface area contributed by atoms with Gasteiger partial charge in [-0.3, -0.25) is 9.59 Å². The van der Waals surface area contributed by atoms with E-state index in [0.717, 1.165) is 86.9 Å². The summed E-state index contributed by atoms with van der Waals surface area (Å²) < 4.78 is 55.6. The van der Waals surface area contributed by atoms with Crippen molar-refractivity contribution in [3.05, 3.63) is 69.8 Å². The molecule has 2 nitrogen and oxygen atoms in total. The van der Waals surface area contributed by atoms with Gasteiger partial charge >= 0.3 is 0 Å². The van der Waals surface area contributed by atoms with Crippen LogP contribution in [0.5, 0.6) is 0 Å². The van der Waals surface area contributed by atoms with E-state index in [1.54, 1.807) is 0 Å². The maximum atomic E-state index is 14.1. The van der Waals surface area contributed by atoms with Crippen molar-refractivity contribution in [1.29, 1.82) is 0 Å². The van der Waals surface area contributed by atoms with Crippen molar-refractivity contribution in [2.45, 2.75) is 130 Å². The van der Waals surface area contributed by atoms with Gasteiger partial charge in [0.05, 0.1) is 11.1 Å². The Kier molecular flexibility index (Phi) is 12.6. The van der Waals surface area contributed by atoms with Crippen LogP contribution in [0.2, 0.25) is 0 Å². The zero-order valence-corrected chi connectivity index (χ0v) is 29.6. The van der Waals surface area contributed by atoms with Crippen LogP contribution < -0.4 is 0 Å². The average Bonchev–Trinajstić information content (AvgIpc) is 3.10. The van der Waals surface area contributed by atoms with Gasteiger partial charge in [0.2, 0.25) is 0 Å². The van der Waals surface area contributed by atoms with Crippen molar-refractivity contribution in [3.8, 4) is 0 Å². The van der Waals surface area contributed by atoms with Gasteiger partial charge in [-0.15, -0.1) is 0 Å². The molecule has 0 amide bonds. The van der Waals surface area contributed by atoms with Crippen LogP contribution in [0.3, 0.4) is 0 Å². The standard InChI is InChI=1S/2C21H28F2O.4H2/c2*1-13-3-6-15(7-4-13)16-8-10-17(11-9-16)21(24)18-12-5-14(2)19(22)20(18)23;;;;/h2*5,12-13,15-17H,3-4,6-11H2,1-2H3;4*1H. The topological polar surface area (TPSA) is 34.1 Å². The second-order valence-electron chi connectivity index (χ2n) is 16.1. The lowest BCUT2D eigenvalue weighted by atomic mass is 9.68. The fourth-order valence-electron chi connectivity index (χ4n) is 9.33. The monoisotopic (exact) mass is 676 g/mol. The molecule has 4 aliphatic carbocycles. The Morgan fingerprint density at radius 3 is 1.02 bits per heavy atom. The van der Waals surface area contributed by atoms with Gasteiger partial charge < -0.3 is 0 Å². The number of carbonyl (C=O) groups excluding carboxylic acids is 2. The number of ketones is 2. The first-order valence-electron chi connectivity index (χ1n) is 18.9. The van der Waals surface area contributed by atoms with E-state index in [1.807, 2.05) is 0 Å². The van der Waals surface area contributed by atoms with Crippen LogP contribution >= 0.6 is 0 Å². The van der Waals surface area contributed by atoms with E-state index in [0.29, 0.717) is 0 Å². The number of carbonyl (C=O) groups is 2. The normalized spacial score (nSPS) is 31.0. The first-order valence-corrected chi connectivity index (χ1v) is 18.9. The lowest BCUT2D eigenvalue weighted by Gasteiger charge is -2.37. The summed E-state index contributed by atoms with van der Waals surface area (Å²) in [5.74, 6) is 0.393. The third-order valence-electron chi connectivity index (χ3n) is 12.8. The minimum Gasteiger partial charge on any atom is -0.294 e. The summed E-state index contributed by atoms with van der Waals surface area (Å²) >= 11 is 0. The van der Waals surface area contributed by atoms with Gasteiger partial charge in [-0.1, -0.05) is 51.7 Å². The number of hydrogen-bond acceptors (Lipinski definition) is 2. The molecule has 0 atom stereocenters. The van der Waals surface area contributed by atoms with Gasteiger partial charge in [0, 0.05) is 17.5 Å². The summed E-state index contributed by atoms with van der Waals surface area (Å²) in [6.07, 6.45) is 18.1. The molecular formula is C42H64F4O2. The highest BCUT2D eigenvalue weighted by Crippen LogP contribution is 2.43. The van der Waals surface area contributed by atoms with Crippen LogP contribution in [-0.4, -0.2) is 11.6 Å². The summed E-state index contributed by atoms with van der Waals surface area (Å²) in [4.78, 5) is 25.2. The Hall–Kier alpha value is -2.50. The fraction of sp³-hybridized carbons (Fsp3) is 0.667. The molecule has 0 unspecified atom stereocenters. The second kappa shape index (κ2) is 16.5. The van der Waals surface area contributed by atoms with Crippen LogP contribution in [-0.2, 0) is 0 Å². The van der Waals surface area contributed by atoms with Crippen LogP contribution in [0.25, 0.3) is 0 Å². The molecule has 0 bridgehead atoms. The molecule has 2 aromatic carbocycles. The van der Waals surface area contributed by atoms with E-state index in [2.05, 4.69) is 13.8 Å². The van der Waals surface area contributed by atoms with Crippen LogP contribution in [0.15, 0.2) is 24.3 Å². The SMILES string of the molecule is Cc1ccc(C(=O)C2CCC(C3CCC(C)CC3)CC2)c(F)c1F.Cc1ccc(C(=O)C2CCC(C3CCC(C)CC3)CC2)c(F)c1F.[HH].[HH].[HH].[HH]. The Labute approximate surface area is 291 Å². The Balaban J connectivity index is 0.000000483. The third kappa shape index (κ3) is 8.62. The molecule has 0 aromatic heterocycles. The number of rotatable bonds is 6. The molecule has 0 N–H and O–H groups in total. The fourth-order valence-corrected chi connectivity index (χ4v) is 9.33.